The highest BCUT2D eigenvalue weighted by Gasteiger charge is 2.22. The van der Waals surface area contributed by atoms with Gasteiger partial charge in [0.25, 0.3) is 0 Å². The van der Waals surface area contributed by atoms with Gasteiger partial charge in [-0.15, -0.1) is 11.8 Å². The van der Waals surface area contributed by atoms with E-state index in [4.69, 9.17) is 0 Å². The molecule has 0 radical (unpaired) electrons. The topological polar surface area (TPSA) is 20.3 Å². The van der Waals surface area contributed by atoms with Crippen LogP contribution in [-0.4, -0.2) is 30.5 Å². The maximum atomic E-state index is 12.2. The number of rotatable bonds is 1. The standard InChI is InChI=1S/C13H15NOS/c1-9-4-5-12-11(6-9)13(15)10(8-16-12)7-14(2)3/h4-7H,8H2,1-3H3. The van der Waals surface area contributed by atoms with Crippen molar-refractivity contribution in [2.45, 2.75) is 11.8 Å². The minimum absolute atomic E-state index is 0.172. The molecule has 0 aliphatic carbocycles. The second-order valence-electron chi connectivity index (χ2n) is 4.24. The van der Waals surface area contributed by atoms with Crippen LogP contribution in [0.5, 0.6) is 0 Å². The van der Waals surface area contributed by atoms with Crippen molar-refractivity contribution < 1.29 is 4.79 Å². The predicted octanol–water partition coefficient (Wildman–Crippen LogP) is 2.73. The van der Waals surface area contributed by atoms with Crippen molar-refractivity contribution in [2.75, 3.05) is 19.8 Å². The van der Waals surface area contributed by atoms with E-state index in [1.165, 1.54) is 0 Å². The summed E-state index contributed by atoms with van der Waals surface area (Å²) in [6, 6.07) is 6.08. The molecule has 2 rings (SSSR count). The van der Waals surface area contributed by atoms with Gasteiger partial charge in [-0.05, 0) is 19.1 Å². The molecule has 0 bridgehead atoms. The van der Waals surface area contributed by atoms with Crippen LogP contribution in [0.25, 0.3) is 0 Å². The summed E-state index contributed by atoms with van der Waals surface area (Å²) in [5.41, 5.74) is 2.87. The molecule has 0 aromatic heterocycles. The summed E-state index contributed by atoms with van der Waals surface area (Å²) in [5.74, 6) is 0.943. The number of thioether (sulfide) groups is 1. The molecule has 0 amide bonds. The number of nitrogens with zero attached hydrogens (tertiary/aromatic N) is 1. The van der Waals surface area contributed by atoms with Crippen molar-refractivity contribution >= 4 is 17.5 Å². The lowest BCUT2D eigenvalue weighted by Crippen LogP contribution is -2.16. The molecule has 0 unspecified atom stereocenters. The Morgan fingerprint density at radius 1 is 1.38 bits per heavy atom. The van der Waals surface area contributed by atoms with Crippen LogP contribution in [0.3, 0.4) is 0 Å². The molecule has 0 fully saturated rings. The summed E-state index contributed by atoms with van der Waals surface area (Å²) in [4.78, 5) is 15.2. The van der Waals surface area contributed by atoms with E-state index in [1.807, 2.05) is 44.3 Å². The monoisotopic (exact) mass is 233 g/mol. The summed E-state index contributed by atoms with van der Waals surface area (Å²) in [7, 11) is 3.88. The van der Waals surface area contributed by atoms with Crippen molar-refractivity contribution in [2.24, 2.45) is 0 Å². The zero-order valence-electron chi connectivity index (χ0n) is 9.78. The van der Waals surface area contributed by atoms with Gasteiger partial charge in [-0.1, -0.05) is 11.6 Å². The van der Waals surface area contributed by atoms with E-state index in [0.29, 0.717) is 0 Å². The smallest absolute Gasteiger partial charge is 0.192 e. The summed E-state index contributed by atoms with van der Waals surface area (Å²) >= 11 is 1.74. The fourth-order valence-corrected chi connectivity index (χ4v) is 2.74. The first kappa shape index (κ1) is 11.3. The molecule has 0 spiro atoms. The van der Waals surface area contributed by atoms with Crippen LogP contribution in [0.2, 0.25) is 0 Å². The fraction of sp³-hybridized carbons (Fsp3) is 0.308. The summed E-state index contributed by atoms with van der Waals surface area (Å²) < 4.78 is 0. The zero-order chi connectivity index (χ0) is 11.7. The highest BCUT2D eigenvalue weighted by Crippen LogP contribution is 2.33. The average molecular weight is 233 g/mol. The molecule has 1 aromatic carbocycles. The molecular weight excluding hydrogens is 218 g/mol. The van der Waals surface area contributed by atoms with Crippen LogP contribution in [0.4, 0.5) is 0 Å². The maximum Gasteiger partial charge on any atom is 0.192 e. The molecule has 2 nitrogen and oxygen atoms in total. The number of hydrogen-bond acceptors (Lipinski definition) is 3. The molecule has 0 saturated carbocycles. The van der Waals surface area contributed by atoms with Crippen molar-refractivity contribution in [3.8, 4) is 0 Å². The first-order chi connectivity index (χ1) is 7.58. The van der Waals surface area contributed by atoms with Crippen LogP contribution < -0.4 is 0 Å². The van der Waals surface area contributed by atoms with Gasteiger partial charge < -0.3 is 4.90 Å². The van der Waals surface area contributed by atoms with Crippen LogP contribution in [0.1, 0.15) is 15.9 Å². The Morgan fingerprint density at radius 3 is 2.81 bits per heavy atom. The Bertz CT molecular complexity index is 463. The Balaban J connectivity index is 2.42. The van der Waals surface area contributed by atoms with E-state index in [1.54, 1.807) is 11.8 Å². The number of aryl methyl sites for hydroxylation is 1. The molecule has 1 aromatic rings. The highest BCUT2D eigenvalue weighted by molar-refractivity contribution is 7.99. The second kappa shape index (κ2) is 4.34. The lowest BCUT2D eigenvalue weighted by Gasteiger charge is -2.18. The zero-order valence-corrected chi connectivity index (χ0v) is 10.6. The Kier molecular flexibility index (Phi) is 3.06. The largest absolute Gasteiger partial charge is 0.383 e. The molecule has 0 atom stereocenters. The van der Waals surface area contributed by atoms with E-state index in [9.17, 15) is 4.79 Å². The lowest BCUT2D eigenvalue weighted by molar-refractivity contribution is 0.102. The third-order valence-corrected chi connectivity index (χ3v) is 3.59. The van der Waals surface area contributed by atoms with Gasteiger partial charge in [-0.25, -0.2) is 0 Å². The molecule has 0 saturated heterocycles. The summed E-state index contributed by atoms with van der Waals surface area (Å²) in [6.45, 7) is 2.02. The number of Topliss-reactive ketones (excluding diaryl/α,β-unsaturated/α-hetero) is 1. The van der Waals surface area contributed by atoms with E-state index in [-0.39, 0.29) is 5.78 Å². The van der Waals surface area contributed by atoms with Crippen molar-refractivity contribution in [3.05, 3.63) is 41.1 Å². The van der Waals surface area contributed by atoms with E-state index in [2.05, 4.69) is 6.07 Å². The maximum absolute atomic E-state index is 12.2. The molecular formula is C13H15NOS. The number of hydrogen-bond donors (Lipinski definition) is 0. The van der Waals surface area contributed by atoms with Crippen LogP contribution in [0.15, 0.2) is 34.9 Å². The van der Waals surface area contributed by atoms with Gasteiger partial charge in [0.1, 0.15) is 0 Å². The van der Waals surface area contributed by atoms with Crippen LogP contribution >= 0.6 is 11.8 Å². The number of fused-ring (bicyclic) bond motifs is 1. The highest BCUT2D eigenvalue weighted by atomic mass is 32.2. The summed E-state index contributed by atoms with van der Waals surface area (Å²) in [5, 5.41) is 0. The first-order valence-corrected chi connectivity index (χ1v) is 6.22. The Labute approximate surface area is 100 Å². The summed E-state index contributed by atoms with van der Waals surface area (Å²) in [6.07, 6.45) is 1.92. The Morgan fingerprint density at radius 2 is 2.12 bits per heavy atom. The van der Waals surface area contributed by atoms with Gasteiger partial charge >= 0.3 is 0 Å². The molecule has 16 heavy (non-hydrogen) atoms. The van der Waals surface area contributed by atoms with Gasteiger partial charge in [0, 0.05) is 42.1 Å². The van der Waals surface area contributed by atoms with Gasteiger partial charge in [0.05, 0.1) is 0 Å². The molecule has 0 N–H and O–H groups in total. The molecule has 84 valence electrons. The quantitative estimate of drug-likeness (QED) is 0.696. The van der Waals surface area contributed by atoms with E-state index in [0.717, 1.165) is 27.3 Å². The number of carbonyl (C=O) groups is 1. The third kappa shape index (κ3) is 2.14. The first-order valence-electron chi connectivity index (χ1n) is 5.23. The molecule has 1 aliphatic rings. The SMILES string of the molecule is Cc1ccc2c(c1)C(=O)C(=CN(C)C)CS2. The number of benzene rings is 1. The van der Waals surface area contributed by atoms with E-state index < -0.39 is 0 Å². The number of carbonyl (C=O) groups excluding carboxylic acids is 1. The van der Waals surface area contributed by atoms with Crippen molar-refractivity contribution in [1.82, 2.24) is 4.90 Å². The van der Waals surface area contributed by atoms with Crippen molar-refractivity contribution in [3.63, 3.8) is 0 Å². The third-order valence-electron chi connectivity index (χ3n) is 2.47. The van der Waals surface area contributed by atoms with Gasteiger partial charge in [0.15, 0.2) is 5.78 Å². The van der Waals surface area contributed by atoms with Crippen LogP contribution in [-0.2, 0) is 0 Å². The predicted molar refractivity (Wildman–Crippen MR) is 68.0 cm³/mol. The molecule has 3 heteroatoms. The molecule has 1 aliphatic heterocycles. The Hall–Kier alpha value is -1.22. The van der Waals surface area contributed by atoms with Crippen molar-refractivity contribution in [1.29, 1.82) is 0 Å². The average Bonchev–Trinajstić information content (AvgIpc) is 2.22. The fourth-order valence-electron chi connectivity index (χ4n) is 1.75. The van der Waals surface area contributed by atoms with Gasteiger partial charge in [-0.2, -0.15) is 0 Å². The normalized spacial score (nSPS) is 17.4. The molecule has 1 heterocycles. The van der Waals surface area contributed by atoms with E-state index >= 15 is 0 Å². The van der Waals surface area contributed by atoms with Gasteiger partial charge in [0.2, 0.25) is 0 Å². The number of ketones is 1. The van der Waals surface area contributed by atoms with Crippen LogP contribution in [0, 0.1) is 6.92 Å². The lowest BCUT2D eigenvalue weighted by atomic mass is 10.0. The minimum atomic E-state index is 0.172. The van der Waals surface area contributed by atoms with Gasteiger partial charge in [-0.3, -0.25) is 4.79 Å². The minimum Gasteiger partial charge on any atom is -0.383 e. The second-order valence-corrected chi connectivity index (χ2v) is 5.25.